The van der Waals surface area contributed by atoms with E-state index < -0.39 is 0 Å². The van der Waals surface area contributed by atoms with E-state index in [-0.39, 0.29) is 11.8 Å². The molecule has 0 aliphatic heterocycles. The standard InChI is InChI=1S/C18H24ClN5O2/c1-3-4-9-26-18-22-16(20)15(21-2)17(23-18)24(12-25)11-14-7-5-13(10-19)6-8-14/h5-8,12,21H,3-4,9-11H2,1-2H3,(H2,20,22,23). The maximum absolute atomic E-state index is 11.7. The highest BCUT2D eigenvalue weighted by atomic mass is 35.5. The molecule has 0 aliphatic rings. The summed E-state index contributed by atoms with van der Waals surface area (Å²) in [6.45, 7) is 2.90. The molecule has 26 heavy (non-hydrogen) atoms. The minimum atomic E-state index is 0.161. The number of alkyl halides is 1. The van der Waals surface area contributed by atoms with E-state index in [0.29, 0.717) is 36.9 Å². The molecule has 140 valence electrons. The number of benzene rings is 1. The Bertz CT molecular complexity index is 724. The Balaban J connectivity index is 2.29. The van der Waals surface area contributed by atoms with Gasteiger partial charge < -0.3 is 15.8 Å². The van der Waals surface area contributed by atoms with Crippen molar-refractivity contribution in [2.24, 2.45) is 0 Å². The molecule has 1 aromatic carbocycles. The molecule has 0 bridgehead atoms. The number of carbonyl (C=O) groups is 1. The second kappa shape index (κ2) is 9.82. The van der Waals surface area contributed by atoms with Gasteiger partial charge in [0.2, 0.25) is 6.41 Å². The van der Waals surface area contributed by atoms with Gasteiger partial charge in [-0.1, -0.05) is 37.6 Å². The summed E-state index contributed by atoms with van der Waals surface area (Å²) in [6, 6.07) is 7.87. The van der Waals surface area contributed by atoms with Crippen molar-refractivity contribution in [2.45, 2.75) is 32.2 Å². The van der Waals surface area contributed by atoms with Crippen LogP contribution in [0.1, 0.15) is 30.9 Å². The lowest BCUT2D eigenvalue weighted by atomic mass is 10.1. The van der Waals surface area contributed by atoms with Crippen molar-refractivity contribution in [3.8, 4) is 6.01 Å². The molecule has 2 aromatic rings. The largest absolute Gasteiger partial charge is 0.463 e. The van der Waals surface area contributed by atoms with Gasteiger partial charge in [-0.2, -0.15) is 9.97 Å². The molecule has 0 unspecified atom stereocenters. The quantitative estimate of drug-likeness (QED) is 0.375. The van der Waals surface area contributed by atoms with E-state index in [1.165, 1.54) is 4.90 Å². The van der Waals surface area contributed by atoms with Gasteiger partial charge in [-0.25, -0.2) is 0 Å². The van der Waals surface area contributed by atoms with Crippen LogP contribution in [0.25, 0.3) is 0 Å². The van der Waals surface area contributed by atoms with Crippen LogP contribution in [0.5, 0.6) is 6.01 Å². The van der Waals surface area contributed by atoms with Gasteiger partial charge in [0, 0.05) is 12.9 Å². The van der Waals surface area contributed by atoms with Gasteiger partial charge in [-0.3, -0.25) is 9.69 Å². The van der Waals surface area contributed by atoms with E-state index in [0.717, 1.165) is 24.0 Å². The first kappa shape index (κ1) is 19.8. The second-order valence-electron chi connectivity index (χ2n) is 5.73. The number of amides is 1. The molecule has 3 N–H and O–H groups in total. The van der Waals surface area contributed by atoms with Crippen LogP contribution in [0, 0.1) is 0 Å². The number of hydrogen-bond donors (Lipinski definition) is 2. The predicted molar refractivity (Wildman–Crippen MR) is 105 cm³/mol. The molecule has 1 heterocycles. The van der Waals surface area contributed by atoms with E-state index >= 15 is 0 Å². The number of nitrogens with two attached hydrogens (primary N) is 1. The summed E-state index contributed by atoms with van der Waals surface area (Å²) >= 11 is 5.82. The van der Waals surface area contributed by atoms with Crippen LogP contribution in [-0.4, -0.2) is 30.0 Å². The fourth-order valence-corrected chi connectivity index (χ4v) is 2.54. The average molecular weight is 378 g/mol. The number of hydrogen-bond acceptors (Lipinski definition) is 6. The highest BCUT2D eigenvalue weighted by Crippen LogP contribution is 2.30. The number of unbranched alkanes of at least 4 members (excludes halogenated alkanes) is 1. The molecule has 0 fully saturated rings. The Labute approximate surface area is 158 Å². The number of nitrogen functional groups attached to an aromatic ring is 1. The molecule has 0 saturated heterocycles. The Hall–Kier alpha value is -2.54. The monoisotopic (exact) mass is 377 g/mol. The number of rotatable bonds is 10. The Morgan fingerprint density at radius 1 is 1.27 bits per heavy atom. The summed E-state index contributed by atoms with van der Waals surface area (Å²) in [5, 5.41) is 2.95. The zero-order chi connectivity index (χ0) is 18.9. The molecular weight excluding hydrogens is 354 g/mol. The lowest BCUT2D eigenvalue weighted by Gasteiger charge is -2.21. The van der Waals surface area contributed by atoms with Crippen molar-refractivity contribution in [3.05, 3.63) is 35.4 Å². The molecule has 0 atom stereocenters. The molecule has 8 heteroatoms. The minimum Gasteiger partial charge on any atom is -0.463 e. The van der Waals surface area contributed by atoms with Crippen LogP contribution < -0.4 is 20.7 Å². The maximum Gasteiger partial charge on any atom is 0.320 e. The van der Waals surface area contributed by atoms with Crippen LogP contribution >= 0.6 is 11.6 Å². The number of halogens is 1. The second-order valence-corrected chi connectivity index (χ2v) is 5.99. The summed E-state index contributed by atoms with van der Waals surface area (Å²) in [5.74, 6) is 1.05. The van der Waals surface area contributed by atoms with Crippen LogP contribution in [-0.2, 0) is 17.2 Å². The SMILES string of the molecule is CCCCOc1nc(N)c(NC)c(N(C=O)Cc2ccc(CCl)cc2)n1. The van der Waals surface area contributed by atoms with Crippen LogP contribution in [0.3, 0.4) is 0 Å². The molecule has 2 rings (SSSR count). The molecule has 0 aliphatic carbocycles. The van der Waals surface area contributed by atoms with Gasteiger partial charge in [-0.05, 0) is 17.5 Å². The Kier molecular flexibility index (Phi) is 7.47. The molecule has 1 amide bonds. The first-order valence-corrected chi connectivity index (χ1v) is 9.00. The lowest BCUT2D eigenvalue weighted by molar-refractivity contribution is -0.107. The first-order chi connectivity index (χ1) is 12.6. The number of nitrogens with one attached hydrogen (secondary N) is 1. The Morgan fingerprint density at radius 2 is 1.96 bits per heavy atom. The maximum atomic E-state index is 11.7. The molecule has 7 nitrogen and oxygen atoms in total. The van der Waals surface area contributed by atoms with E-state index in [9.17, 15) is 4.79 Å². The fraction of sp³-hybridized carbons (Fsp3) is 0.389. The van der Waals surface area contributed by atoms with Crippen molar-refractivity contribution >= 4 is 35.3 Å². The predicted octanol–water partition coefficient (Wildman–Crippen LogP) is 3.18. The van der Waals surface area contributed by atoms with Gasteiger partial charge in [0.05, 0.1) is 13.2 Å². The zero-order valence-electron chi connectivity index (χ0n) is 15.0. The van der Waals surface area contributed by atoms with Crippen molar-refractivity contribution in [2.75, 3.05) is 29.6 Å². The van der Waals surface area contributed by atoms with Gasteiger partial charge in [0.1, 0.15) is 5.69 Å². The Morgan fingerprint density at radius 3 is 2.54 bits per heavy atom. The van der Waals surface area contributed by atoms with E-state index in [1.807, 2.05) is 24.3 Å². The third-order valence-corrected chi connectivity index (χ3v) is 4.11. The molecular formula is C18H24ClN5O2. The topological polar surface area (TPSA) is 93.4 Å². The summed E-state index contributed by atoms with van der Waals surface area (Å²) in [6.07, 6.45) is 2.60. The van der Waals surface area contributed by atoms with Crippen molar-refractivity contribution in [1.82, 2.24) is 9.97 Å². The van der Waals surface area contributed by atoms with Crippen LogP contribution in [0.15, 0.2) is 24.3 Å². The fourth-order valence-electron chi connectivity index (χ4n) is 2.36. The minimum absolute atomic E-state index is 0.161. The van der Waals surface area contributed by atoms with Gasteiger partial charge in [0.25, 0.3) is 0 Å². The van der Waals surface area contributed by atoms with Crippen molar-refractivity contribution in [1.29, 1.82) is 0 Å². The van der Waals surface area contributed by atoms with Crippen molar-refractivity contribution in [3.63, 3.8) is 0 Å². The van der Waals surface area contributed by atoms with Gasteiger partial charge in [0.15, 0.2) is 11.6 Å². The van der Waals surface area contributed by atoms with Crippen LogP contribution in [0.2, 0.25) is 0 Å². The summed E-state index contributed by atoms with van der Waals surface area (Å²) in [4.78, 5) is 21.7. The smallest absolute Gasteiger partial charge is 0.320 e. The van der Waals surface area contributed by atoms with Gasteiger partial charge in [-0.15, -0.1) is 11.6 Å². The number of anilines is 3. The highest BCUT2D eigenvalue weighted by Gasteiger charge is 2.18. The van der Waals surface area contributed by atoms with E-state index in [2.05, 4.69) is 22.2 Å². The zero-order valence-corrected chi connectivity index (χ0v) is 15.8. The van der Waals surface area contributed by atoms with Gasteiger partial charge >= 0.3 is 6.01 Å². The van der Waals surface area contributed by atoms with E-state index in [4.69, 9.17) is 22.1 Å². The summed E-state index contributed by atoms with van der Waals surface area (Å²) in [5.41, 5.74) is 8.45. The molecule has 0 radical (unpaired) electrons. The lowest BCUT2D eigenvalue weighted by Crippen LogP contribution is -2.24. The first-order valence-electron chi connectivity index (χ1n) is 8.46. The van der Waals surface area contributed by atoms with E-state index in [1.54, 1.807) is 7.05 Å². The number of aromatic nitrogens is 2. The number of ether oxygens (including phenoxy) is 1. The van der Waals surface area contributed by atoms with Crippen molar-refractivity contribution < 1.29 is 9.53 Å². The highest BCUT2D eigenvalue weighted by molar-refractivity contribution is 6.17. The average Bonchev–Trinajstić information content (AvgIpc) is 2.66. The normalized spacial score (nSPS) is 10.4. The molecule has 1 aromatic heterocycles. The summed E-state index contributed by atoms with van der Waals surface area (Å²) < 4.78 is 5.56. The number of nitrogens with zero attached hydrogens (tertiary/aromatic N) is 3. The third-order valence-electron chi connectivity index (χ3n) is 3.81. The molecule has 0 spiro atoms. The third kappa shape index (κ3) is 4.98. The summed E-state index contributed by atoms with van der Waals surface area (Å²) in [7, 11) is 1.70. The van der Waals surface area contributed by atoms with Crippen LogP contribution in [0.4, 0.5) is 17.3 Å². The number of carbonyl (C=O) groups excluding carboxylic acids is 1. The molecule has 0 saturated carbocycles.